The monoisotopic (exact) mass is 294 g/mol. The van der Waals surface area contributed by atoms with Gasteiger partial charge in [0.25, 0.3) is 0 Å². The van der Waals surface area contributed by atoms with E-state index in [0.717, 1.165) is 6.07 Å². The standard InChI is InChI=1S/C13H9F3N4O/c14-13(15,16)21-9-3-1-2-8(6-9)19-12-5-4-10(18)11(7-17)20-12/h1-6H,18H2,(H,19,20). The summed E-state index contributed by atoms with van der Waals surface area (Å²) in [6, 6.07) is 10.1. The molecule has 21 heavy (non-hydrogen) atoms. The molecule has 0 fully saturated rings. The van der Waals surface area contributed by atoms with Gasteiger partial charge in [-0.05, 0) is 24.3 Å². The maximum atomic E-state index is 12.1. The zero-order chi connectivity index (χ0) is 15.5. The van der Waals surface area contributed by atoms with Crippen LogP contribution in [0.5, 0.6) is 5.75 Å². The number of alkyl halides is 3. The van der Waals surface area contributed by atoms with E-state index in [4.69, 9.17) is 11.0 Å². The Morgan fingerprint density at radius 1 is 1.24 bits per heavy atom. The fourth-order valence-electron chi connectivity index (χ4n) is 1.55. The van der Waals surface area contributed by atoms with Crippen molar-refractivity contribution in [3.8, 4) is 11.8 Å². The summed E-state index contributed by atoms with van der Waals surface area (Å²) in [6.45, 7) is 0. The van der Waals surface area contributed by atoms with E-state index in [9.17, 15) is 13.2 Å². The van der Waals surface area contributed by atoms with Gasteiger partial charge in [0.15, 0.2) is 5.69 Å². The van der Waals surface area contributed by atoms with Crippen molar-refractivity contribution in [2.75, 3.05) is 11.1 Å². The summed E-state index contributed by atoms with van der Waals surface area (Å²) < 4.78 is 40.2. The number of aromatic nitrogens is 1. The number of rotatable bonds is 3. The molecular formula is C13H9F3N4O. The van der Waals surface area contributed by atoms with Crippen LogP contribution >= 0.6 is 0 Å². The molecule has 2 aromatic rings. The molecule has 0 spiro atoms. The normalized spacial score (nSPS) is 10.8. The van der Waals surface area contributed by atoms with E-state index >= 15 is 0 Å². The Morgan fingerprint density at radius 3 is 2.67 bits per heavy atom. The van der Waals surface area contributed by atoms with Crippen molar-refractivity contribution in [2.24, 2.45) is 0 Å². The molecule has 0 aliphatic carbocycles. The third kappa shape index (κ3) is 4.01. The highest BCUT2D eigenvalue weighted by atomic mass is 19.4. The maximum absolute atomic E-state index is 12.1. The lowest BCUT2D eigenvalue weighted by molar-refractivity contribution is -0.274. The van der Waals surface area contributed by atoms with Crippen LogP contribution in [0.25, 0.3) is 0 Å². The molecule has 0 bridgehead atoms. The molecule has 1 heterocycles. The molecule has 0 amide bonds. The average molecular weight is 294 g/mol. The van der Waals surface area contributed by atoms with Crippen LogP contribution in [0.15, 0.2) is 36.4 Å². The number of nitriles is 1. The van der Waals surface area contributed by atoms with Crippen LogP contribution in [-0.4, -0.2) is 11.3 Å². The van der Waals surface area contributed by atoms with Crippen molar-refractivity contribution in [3.63, 3.8) is 0 Å². The number of halogens is 3. The highest BCUT2D eigenvalue weighted by Crippen LogP contribution is 2.26. The molecule has 0 unspecified atom stereocenters. The first-order valence-corrected chi connectivity index (χ1v) is 5.67. The van der Waals surface area contributed by atoms with Gasteiger partial charge < -0.3 is 15.8 Å². The molecule has 0 aliphatic rings. The molecule has 0 saturated carbocycles. The minimum atomic E-state index is -4.76. The summed E-state index contributed by atoms with van der Waals surface area (Å²) in [4.78, 5) is 3.93. The molecule has 0 saturated heterocycles. The van der Waals surface area contributed by atoms with Gasteiger partial charge in [-0.2, -0.15) is 5.26 Å². The Bertz CT molecular complexity index is 695. The number of nitrogens with zero attached hydrogens (tertiary/aromatic N) is 2. The number of nitrogens with two attached hydrogens (primary N) is 1. The van der Waals surface area contributed by atoms with Crippen molar-refractivity contribution >= 4 is 17.2 Å². The summed E-state index contributed by atoms with van der Waals surface area (Å²) >= 11 is 0. The molecule has 1 aromatic carbocycles. The molecule has 108 valence electrons. The Kier molecular flexibility index (Phi) is 3.84. The Hall–Kier alpha value is -2.95. The fourth-order valence-corrected chi connectivity index (χ4v) is 1.55. The largest absolute Gasteiger partial charge is 0.573 e. The lowest BCUT2D eigenvalue weighted by atomic mass is 10.3. The van der Waals surface area contributed by atoms with Crippen LogP contribution in [0.2, 0.25) is 0 Å². The van der Waals surface area contributed by atoms with E-state index < -0.39 is 6.36 Å². The smallest absolute Gasteiger partial charge is 0.406 e. The van der Waals surface area contributed by atoms with Gasteiger partial charge in [0.05, 0.1) is 5.69 Å². The lowest BCUT2D eigenvalue weighted by Gasteiger charge is -2.11. The summed E-state index contributed by atoms with van der Waals surface area (Å²) in [5.41, 5.74) is 6.11. The number of pyridine rings is 1. The molecule has 0 atom stereocenters. The highest BCUT2D eigenvalue weighted by Gasteiger charge is 2.31. The van der Waals surface area contributed by atoms with Crippen molar-refractivity contribution in [1.82, 2.24) is 4.98 Å². The minimum Gasteiger partial charge on any atom is -0.406 e. The van der Waals surface area contributed by atoms with E-state index in [1.54, 1.807) is 0 Å². The number of ether oxygens (including phenoxy) is 1. The number of benzene rings is 1. The van der Waals surface area contributed by atoms with E-state index in [1.807, 2.05) is 6.07 Å². The minimum absolute atomic E-state index is 0.0303. The topological polar surface area (TPSA) is 84.0 Å². The Morgan fingerprint density at radius 2 is 2.00 bits per heavy atom. The molecular weight excluding hydrogens is 285 g/mol. The predicted molar refractivity (Wildman–Crippen MR) is 69.8 cm³/mol. The molecule has 0 radical (unpaired) electrons. The molecule has 3 N–H and O–H groups in total. The lowest BCUT2D eigenvalue weighted by Crippen LogP contribution is -2.17. The van der Waals surface area contributed by atoms with Crippen molar-refractivity contribution < 1.29 is 17.9 Å². The Labute approximate surface area is 117 Å². The molecule has 8 heteroatoms. The van der Waals surface area contributed by atoms with Gasteiger partial charge >= 0.3 is 6.36 Å². The second-order valence-electron chi connectivity index (χ2n) is 3.95. The van der Waals surface area contributed by atoms with Gasteiger partial charge in [0.2, 0.25) is 0 Å². The van der Waals surface area contributed by atoms with Gasteiger partial charge in [0.1, 0.15) is 17.6 Å². The van der Waals surface area contributed by atoms with Gasteiger partial charge in [0, 0.05) is 11.8 Å². The number of hydrogen-bond donors (Lipinski definition) is 2. The van der Waals surface area contributed by atoms with Crippen molar-refractivity contribution in [3.05, 3.63) is 42.1 Å². The van der Waals surface area contributed by atoms with Gasteiger partial charge in [-0.25, -0.2) is 4.98 Å². The SMILES string of the molecule is N#Cc1nc(Nc2cccc(OC(F)(F)F)c2)ccc1N. The van der Waals surface area contributed by atoms with Gasteiger partial charge in [-0.15, -0.1) is 13.2 Å². The summed E-state index contributed by atoms with van der Waals surface area (Å²) in [5.74, 6) is -0.0756. The van der Waals surface area contributed by atoms with Gasteiger partial charge in [-0.3, -0.25) is 0 Å². The maximum Gasteiger partial charge on any atom is 0.573 e. The molecule has 0 aliphatic heterocycles. The van der Waals surface area contributed by atoms with Crippen LogP contribution in [-0.2, 0) is 0 Å². The first-order valence-electron chi connectivity index (χ1n) is 5.67. The zero-order valence-electron chi connectivity index (χ0n) is 10.5. The summed E-state index contributed by atoms with van der Waals surface area (Å²) in [5, 5.41) is 11.6. The number of nitrogens with one attached hydrogen (secondary N) is 1. The summed E-state index contributed by atoms with van der Waals surface area (Å²) in [6.07, 6.45) is -4.76. The van der Waals surface area contributed by atoms with E-state index in [-0.39, 0.29) is 22.9 Å². The summed E-state index contributed by atoms with van der Waals surface area (Å²) in [7, 11) is 0. The number of nitrogen functional groups attached to an aromatic ring is 1. The third-order valence-electron chi connectivity index (χ3n) is 2.37. The molecule has 5 nitrogen and oxygen atoms in total. The van der Waals surface area contributed by atoms with E-state index in [0.29, 0.717) is 5.69 Å². The van der Waals surface area contributed by atoms with E-state index in [1.165, 1.54) is 30.3 Å². The predicted octanol–water partition coefficient (Wildman–Crippen LogP) is 3.18. The highest BCUT2D eigenvalue weighted by molar-refractivity contribution is 5.62. The first-order chi connectivity index (χ1) is 9.87. The molecule has 2 rings (SSSR count). The van der Waals surface area contributed by atoms with Crippen LogP contribution in [0.4, 0.5) is 30.4 Å². The van der Waals surface area contributed by atoms with Crippen LogP contribution < -0.4 is 15.8 Å². The zero-order valence-corrected chi connectivity index (χ0v) is 10.5. The van der Waals surface area contributed by atoms with E-state index in [2.05, 4.69) is 15.0 Å². The third-order valence-corrected chi connectivity index (χ3v) is 2.37. The van der Waals surface area contributed by atoms with Crippen molar-refractivity contribution in [1.29, 1.82) is 5.26 Å². The quantitative estimate of drug-likeness (QED) is 0.908. The Balaban J connectivity index is 2.20. The second kappa shape index (κ2) is 5.58. The average Bonchev–Trinajstić information content (AvgIpc) is 2.39. The van der Waals surface area contributed by atoms with Crippen LogP contribution in [0.3, 0.4) is 0 Å². The number of anilines is 3. The van der Waals surface area contributed by atoms with Crippen molar-refractivity contribution in [2.45, 2.75) is 6.36 Å². The van der Waals surface area contributed by atoms with Gasteiger partial charge in [-0.1, -0.05) is 6.07 Å². The first kappa shape index (κ1) is 14.5. The number of hydrogen-bond acceptors (Lipinski definition) is 5. The molecule has 1 aromatic heterocycles. The van der Waals surface area contributed by atoms with Crippen LogP contribution in [0, 0.1) is 11.3 Å². The van der Waals surface area contributed by atoms with Crippen LogP contribution in [0.1, 0.15) is 5.69 Å². The second-order valence-corrected chi connectivity index (χ2v) is 3.95. The fraction of sp³-hybridized carbons (Fsp3) is 0.0769.